The molecule has 3 heteroatoms. The highest BCUT2D eigenvalue weighted by Crippen LogP contribution is 2.17. The number of carbonyl (C=O) groups excluding carboxylic acids is 1. The van der Waals surface area contributed by atoms with Crippen molar-refractivity contribution in [3.05, 3.63) is 17.7 Å². The van der Waals surface area contributed by atoms with Crippen LogP contribution in [0.25, 0.3) is 0 Å². The normalized spacial score (nSPS) is 12.9. The summed E-state index contributed by atoms with van der Waals surface area (Å²) in [6.07, 6.45) is 3.37. The summed E-state index contributed by atoms with van der Waals surface area (Å²) in [5.41, 5.74) is 1.49. The molecule has 1 rings (SSSR count). The van der Waals surface area contributed by atoms with Crippen molar-refractivity contribution < 1.29 is 4.79 Å². The molecule has 0 spiro atoms. The first-order chi connectivity index (χ1) is 5.29. The fourth-order valence-corrected chi connectivity index (χ4v) is 1.01. The molecule has 3 nitrogen and oxygen atoms in total. The second kappa shape index (κ2) is 3.32. The van der Waals surface area contributed by atoms with E-state index in [4.69, 9.17) is 0 Å². The van der Waals surface area contributed by atoms with Gasteiger partial charge < -0.3 is 4.98 Å². The summed E-state index contributed by atoms with van der Waals surface area (Å²) >= 11 is 0. The van der Waals surface area contributed by atoms with E-state index in [0.717, 1.165) is 18.4 Å². The summed E-state index contributed by atoms with van der Waals surface area (Å²) in [6.45, 7) is 4.15. The molecule has 0 aromatic carbocycles. The minimum atomic E-state index is 0.387. The van der Waals surface area contributed by atoms with Gasteiger partial charge in [0.05, 0.1) is 6.33 Å². The molecule has 1 N–H and O–H groups in total. The summed E-state index contributed by atoms with van der Waals surface area (Å²) in [5, 5.41) is 0. The van der Waals surface area contributed by atoms with E-state index >= 15 is 0 Å². The van der Waals surface area contributed by atoms with Crippen LogP contribution < -0.4 is 0 Å². The molecule has 0 amide bonds. The van der Waals surface area contributed by atoms with Crippen LogP contribution in [0.2, 0.25) is 0 Å². The summed E-state index contributed by atoms with van der Waals surface area (Å²) in [6, 6.07) is 0. The zero-order valence-corrected chi connectivity index (χ0v) is 6.79. The van der Waals surface area contributed by atoms with E-state index in [2.05, 4.69) is 23.8 Å². The molecule has 0 fully saturated rings. The molecule has 0 aliphatic carbocycles. The van der Waals surface area contributed by atoms with E-state index in [9.17, 15) is 4.79 Å². The monoisotopic (exact) mass is 152 g/mol. The molecule has 11 heavy (non-hydrogen) atoms. The van der Waals surface area contributed by atoms with Crippen molar-refractivity contribution in [1.82, 2.24) is 9.97 Å². The third-order valence-corrected chi connectivity index (χ3v) is 1.92. The fraction of sp³-hybridized carbons (Fsp3) is 0.500. The van der Waals surface area contributed by atoms with Gasteiger partial charge in [-0.3, -0.25) is 4.79 Å². The van der Waals surface area contributed by atoms with Crippen molar-refractivity contribution in [3.63, 3.8) is 0 Å². The number of aromatic amines is 1. The van der Waals surface area contributed by atoms with Crippen LogP contribution in [0.5, 0.6) is 0 Å². The molecule has 0 saturated carbocycles. The van der Waals surface area contributed by atoms with E-state index in [1.54, 1.807) is 6.33 Å². The highest BCUT2D eigenvalue weighted by atomic mass is 16.1. The molecule has 0 radical (unpaired) electrons. The predicted octanol–water partition coefficient (Wildman–Crippen LogP) is 1.74. The molecule has 1 unspecified atom stereocenters. The number of rotatable bonds is 3. The van der Waals surface area contributed by atoms with Crippen LogP contribution in [-0.4, -0.2) is 16.3 Å². The first-order valence-electron chi connectivity index (χ1n) is 3.78. The molecule has 1 atom stereocenters. The van der Waals surface area contributed by atoms with Crippen LogP contribution in [0.1, 0.15) is 42.4 Å². The molecule has 0 saturated heterocycles. The van der Waals surface area contributed by atoms with Gasteiger partial charge in [-0.1, -0.05) is 13.8 Å². The second-order valence-corrected chi connectivity index (χ2v) is 2.63. The van der Waals surface area contributed by atoms with Crippen LogP contribution >= 0.6 is 0 Å². The topological polar surface area (TPSA) is 45.8 Å². The zero-order chi connectivity index (χ0) is 8.27. The van der Waals surface area contributed by atoms with E-state index in [1.807, 2.05) is 0 Å². The van der Waals surface area contributed by atoms with Crippen molar-refractivity contribution in [1.29, 1.82) is 0 Å². The lowest BCUT2D eigenvalue weighted by atomic mass is 10.0. The standard InChI is InChI=1S/C8H12N2O/c1-3-6(2)8-7(4-11)9-5-10-8/h4-6H,3H2,1-2H3,(H,9,10). The number of nitrogens with one attached hydrogen (secondary N) is 1. The molecule has 0 aliphatic rings. The number of aldehydes is 1. The van der Waals surface area contributed by atoms with Gasteiger partial charge in [0.15, 0.2) is 6.29 Å². The Kier molecular flexibility index (Phi) is 2.41. The zero-order valence-electron chi connectivity index (χ0n) is 6.79. The largest absolute Gasteiger partial charge is 0.348 e. The highest BCUT2D eigenvalue weighted by Gasteiger charge is 2.09. The van der Waals surface area contributed by atoms with Gasteiger partial charge in [-0.2, -0.15) is 0 Å². The molecule has 60 valence electrons. The van der Waals surface area contributed by atoms with Crippen LogP contribution in [0, 0.1) is 0 Å². The van der Waals surface area contributed by atoms with Gasteiger partial charge in [0.2, 0.25) is 0 Å². The van der Waals surface area contributed by atoms with E-state index in [-0.39, 0.29) is 0 Å². The Balaban J connectivity index is 2.92. The van der Waals surface area contributed by atoms with Crippen molar-refractivity contribution >= 4 is 6.29 Å². The van der Waals surface area contributed by atoms with E-state index < -0.39 is 0 Å². The van der Waals surface area contributed by atoms with Gasteiger partial charge in [0.25, 0.3) is 0 Å². The van der Waals surface area contributed by atoms with Gasteiger partial charge in [0, 0.05) is 5.69 Å². The lowest BCUT2D eigenvalue weighted by Gasteiger charge is -2.04. The highest BCUT2D eigenvalue weighted by molar-refractivity contribution is 5.73. The third-order valence-electron chi connectivity index (χ3n) is 1.92. The SMILES string of the molecule is CCC(C)c1[nH]cnc1C=O. The van der Waals surface area contributed by atoms with Gasteiger partial charge >= 0.3 is 0 Å². The summed E-state index contributed by atoms with van der Waals surface area (Å²) in [4.78, 5) is 17.3. The summed E-state index contributed by atoms with van der Waals surface area (Å²) < 4.78 is 0. The van der Waals surface area contributed by atoms with Gasteiger partial charge in [-0.25, -0.2) is 4.98 Å². The number of hydrogen-bond acceptors (Lipinski definition) is 2. The molecule has 1 aromatic rings. The first-order valence-corrected chi connectivity index (χ1v) is 3.78. The number of aromatic nitrogens is 2. The smallest absolute Gasteiger partial charge is 0.170 e. The Hall–Kier alpha value is -1.12. The number of hydrogen-bond donors (Lipinski definition) is 1. The first kappa shape index (κ1) is 7.98. The van der Waals surface area contributed by atoms with Crippen LogP contribution in [0.15, 0.2) is 6.33 Å². The molecule has 0 bridgehead atoms. The van der Waals surface area contributed by atoms with Gasteiger partial charge in [0.1, 0.15) is 5.69 Å². The quantitative estimate of drug-likeness (QED) is 0.670. The average Bonchev–Trinajstić information content (AvgIpc) is 2.50. The van der Waals surface area contributed by atoms with Gasteiger partial charge in [-0.15, -0.1) is 0 Å². The Morgan fingerprint density at radius 1 is 1.82 bits per heavy atom. The lowest BCUT2D eigenvalue weighted by Crippen LogP contribution is -1.96. The van der Waals surface area contributed by atoms with Crippen LogP contribution in [0.4, 0.5) is 0 Å². The average molecular weight is 152 g/mol. The third kappa shape index (κ3) is 1.48. The Morgan fingerprint density at radius 3 is 3.09 bits per heavy atom. The molecule has 0 aliphatic heterocycles. The Labute approximate surface area is 65.8 Å². The minimum absolute atomic E-state index is 0.387. The maximum absolute atomic E-state index is 10.4. The summed E-state index contributed by atoms with van der Waals surface area (Å²) in [7, 11) is 0. The Morgan fingerprint density at radius 2 is 2.55 bits per heavy atom. The number of imidazole rings is 1. The molecular formula is C8H12N2O. The van der Waals surface area contributed by atoms with E-state index in [1.165, 1.54) is 0 Å². The molecule has 1 heterocycles. The number of H-pyrrole nitrogens is 1. The van der Waals surface area contributed by atoms with Gasteiger partial charge in [-0.05, 0) is 12.3 Å². The van der Waals surface area contributed by atoms with Crippen molar-refractivity contribution in [2.24, 2.45) is 0 Å². The molecule has 1 aromatic heterocycles. The molecular weight excluding hydrogens is 140 g/mol. The van der Waals surface area contributed by atoms with Crippen molar-refractivity contribution in [2.45, 2.75) is 26.2 Å². The maximum Gasteiger partial charge on any atom is 0.170 e. The van der Waals surface area contributed by atoms with Crippen molar-refractivity contribution in [3.8, 4) is 0 Å². The predicted molar refractivity (Wildman–Crippen MR) is 42.7 cm³/mol. The number of nitrogens with zero attached hydrogens (tertiary/aromatic N) is 1. The fourth-order valence-electron chi connectivity index (χ4n) is 1.01. The van der Waals surface area contributed by atoms with Crippen molar-refractivity contribution in [2.75, 3.05) is 0 Å². The van der Waals surface area contributed by atoms with Crippen LogP contribution in [0.3, 0.4) is 0 Å². The van der Waals surface area contributed by atoms with Crippen LogP contribution in [-0.2, 0) is 0 Å². The Bertz CT molecular complexity index is 242. The lowest BCUT2D eigenvalue weighted by molar-refractivity contribution is 0.111. The van der Waals surface area contributed by atoms with E-state index in [0.29, 0.717) is 11.6 Å². The summed E-state index contributed by atoms with van der Waals surface area (Å²) in [5.74, 6) is 0.387. The second-order valence-electron chi connectivity index (χ2n) is 2.63. The maximum atomic E-state index is 10.4. The minimum Gasteiger partial charge on any atom is -0.348 e. The number of carbonyl (C=O) groups is 1.